The largest absolute Gasteiger partial charge is 0.385 e. The van der Waals surface area contributed by atoms with Crippen molar-refractivity contribution in [1.29, 1.82) is 0 Å². The van der Waals surface area contributed by atoms with Crippen LogP contribution in [0.5, 0.6) is 0 Å². The van der Waals surface area contributed by atoms with Crippen molar-refractivity contribution >= 4 is 7.85 Å². The molecule has 0 spiro atoms. The number of halogens is 2. The number of rotatable bonds is 5. The molecule has 1 aromatic carbocycles. The highest BCUT2D eigenvalue weighted by Crippen LogP contribution is 2.50. The molecule has 0 bridgehead atoms. The molecule has 1 atom stereocenters. The lowest BCUT2D eigenvalue weighted by Crippen LogP contribution is -2.43. The summed E-state index contributed by atoms with van der Waals surface area (Å²) in [5.74, 6) is -2.91. The van der Waals surface area contributed by atoms with Gasteiger partial charge in [-0.15, -0.1) is 0 Å². The van der Waals surface area contributed by atoms with Crippen molar-refractivity contribution in [2.24, 2.45) is 5.92 Å². The van der Waals surface area contributed by atoms with Crippen LogP contribution in [0.1, 0.15) is 31.2 Å². The highest BCUT2D eigenvalue weighted by atomic mass is 19.3. The van der Waals surface area contributed by atoms with Crippen molar-refractivity contribution in [2.45, 2.75) is 37.2 Å². The Morgan fingerprint density at radius 2 is 1.81 bits per heavy atom. The van der Waals surface area contributed by atoms with Gasteiger partial charge in [-0.2, -0.15) is 0 Å². The fourth-order valence-electron chi connectivity index (χ4n) is 4.16. The summed E-state index contributed by atoms with van der Waals surface area (Å²) in [6.45, 7) is 2.65. The summed E-state index contributed by atoms with van der Waals surface area (Å²) in [4.78, 5) is 4.23. The molecule has 2 heterocycles. The molecular weight excluding hydrogens is 345 g/mol. The van der Waals surface area contributed by atoms with E-state index in [0.29, 0.717) is 32.4 Å². The number of allylic oxidation sites excluding steroid dienone is 1. The average Bonchev–Trinajstić information content (AvgIpc) is 3.28. The number of likely N-dealkylation sites (tertiary alicyclic amines) is 1. The zero-order valence-electron chi connectivity index (χ0n) is 15.5. The Hall–Kier alpha value is -1.82. The van der Waals surface area contributed by atoms with E-state index in [2.05, 4.69) is 4.90 Å². The van der Waals surface area contributed by atoms with Crippen LogP contribution in [0.15, 0.2) is 53.8 Å². The first-order valence-corrected chi connectivity index (χ1v) is 9.69. The lowest BCUT2D eigenvalue weighted by Gasteiger charge is -2.42. The Morgan fingerprint density at radius 3 is 2.41 bits per heavy atom. The zero-order valence-corrected chi connectivity index (χ0v) is 15.5. The van der Waals surface area contributed by atoms with Gasteiger partial charge in [0.15, 0.2) is 0 Å². The highest BCUT2D eigenvalue weighted by Gasteiger charge is 2.56. The van der Waals surface area contributed by atoms with Crippen molar-refractivity contribution in [3.8, 4) is 0 Å². The fraction of sp³-hybridized carbons (Fsp3) is 0.524. The first-order valence-electron chi connectivity index (χ1n) is 9.69. The molecule has 1 N–H and O–H groups in total. The van der Waals surface area contributed by atoms with Gasteiger partial charge >= 0.3 is 0 Å². The van der Waals surface area contributed by atoms with Crippen molar-refractivity contribution in [3.05, 3.63) is 59.3 Å². The van der Waals surface area contributed by atoms with Crippen molar-refractivity contribution in [1.82, 2.24) is 9.80 Å². The third-order valence-electron chi connectivity index (χ3n) is 6.11. The highest BCUT2D eigenvalue weighted by molar-refractivity contribution is 6.22. The van der Waals surface area contributed by atoms with E-state index in [9.17, 15) is 13.9 Å². The molecule has 4 rings (SSSR count). The molecule has 0 aromatic heterocycles. The van der Waals surface area contributed by atoms with Crippen LogP contribution in [0, 0.1) is 5.92 Å². The van der Waals surface area contributed by atoms with E-state index in [4.69, 9.17) is 7.85 Å². The summed E-state index contributed by atoms with van der Waals surface area (Å²) < 4.78 is 26.0. The molecule has 2 radical (unpaired) electrons. The van der Waals surface area contributed by atoms with Gasteiger partial charge in [0, 0.05) is 50.4 Å². The van der Waals surface area contributed by atoms with Crippen LogP contribution in [0.3, 0.4) is 0 Å². The third-order valence-corrected chi connectivity index (χ3v) is 6.11. The monoisotopic (exact) mass is 370 g/mol. The average molecular weight is 370 g/mol. The fourth-order valence-corrected chi connectivity index (χ4v) is 4.16. The molecule has 27 heavy (non-hydrogen) atoms. The first-order chi connectivity index (χ1) is 12.9. The van der Waals surface area contributed by atoms with Gasteiger partial charge in [0.05, 0.1) is 5.60 Å². The predicted molar refractivity (Wildman–Crippen MR) is 102 cm³/mol. The van der Waals surface area contributed by atoms with Gasteiger partial charge in [-0.3, -0.25) is 0 Å². The lowest BCUT2D eigenvalue weighted by atomic mass is 9.83. The number of aliphatic hydroxyl groups is 1. The Morgan fingerprint density at radius 1 is 1.15 bits per heavy atom. The number of piperidine rings is 1. The smallest absolute Gasteiger partial charge is 0.251 e. The van der Waals surface area contributed by atoms with Gasteiger partial charge in [0.2, 0.25) is 0 Å². The quantitative estimate of drug-likeness (QED) is 0.807. The first kappa shape index (κ1) is 18.5. The topological polar surface area (TPSA) is 26.7 Å². The number of hydrogen-bond acceptors (Lipinski definition) is 3. The molecule has 1 saturated heterocycles. The van der Waals surface area contributed by atoms with Crippen LogP contribution in [0.25, 0.3) is 0 Å². The minimum Gasteiger partial charge on any atom is -0.385 e. The van der Waals surface area contributed by atoms with Crippen LogP contribution in [-0.4, -0.2) is 54.9 Å². The summed E-state index contributed by atoms with van der Waals surface area (Å²) >= 11 is 0. The number of benzene rings is 1. The van der Waals surface area contributed by atoms with Crippen LogP contribution in [0.4, 0.5) is 8.78 Å². The molecule has 1 unspecified atom stereocenters. The van der Waals surface area contributed by atoms with E-state index in [1.807, 2.05) is 47.5 Å². The zero-order chi connectivity index (χ0) is 19.1. The molecule has 0 amide bonds. The van der Waals surface area contributed by atoms with E-state index >= 15 is 0 Å². The van der Waals surface area contributed by atoms with E-state index in [-0.39, 0.29) is 6.42 Å². The Kier molecular flexibility index (Phi) is 4.79. The molecule has 1 aliphatic carbocycles. The molecule has 6 heteroatoms. The Bertz CT molecular complexity index is 742. The normalized spacial score (nSPS) is 26.4. The van der Waals surface area contributed by atoms with Crippen molar-refractivity contribution in [3.63, 3.8) is 0 Å². The van der Waals surface area contributed by atoms with E-state index in [0.717, 1.165) is 29.8 Å². The maximum atomic E-state index is 13.0. The van der Waals surface area contributed by atoms with Gasteiger partial charge < -0.3 is 14.9 Å². The summed E-state index contributed by atoms with van der Waals surface area (Å²) in [7, 11) is 6.29. The molecular formula is C21H25BF2N2O. The Balaban J connectivity index is 1.32. The third kappa shape index (κ3) is 3.91. The van der Waals surface area contributed by atoms with Crippen molar-refractivity contribution < 1.29 is 13.9 Å². The number of alkyl halides is 2. The van der Waals surface area contributed by atoms with Gasteiger partial charge in [-0.1, -0.05) is 35.8 Å². The minimum absolute atomic E-state index is 0.0270. The van der Waals surface area contributed by atoms with E-state index in [1.54, 1.807) is 0 Å². The van der Waals surface area contributed by atoms with Gasteiger partial charge in [-0.25, -0.2) is 8.78 Å². The van der Waals surface area contributed by atoms with Crippen LogP contribution >= 0.6 is 0 Å². The number of hydrogen-bond donors (Lipinski definition) is 1. The lowest BCUT2D eigenvalue weighted by molar-refractivity contribution is -0.0181. The number of nitrogens with zero attached hydrogens (tertiary/aromatic N) is 2. The summed E-state index contributed by atoms with van der Waals surface area (Å²) in [6.07, 6.45) is 5.79. The van der Waals surface area contributed by atoms with E-state index in [1.165, 1.54) is 0 Å². The SMILES string of the molecule is [B]C1=C(N2CCC(O)(c3ccccc3)CC2)C=CN(CCC2CC2(F)F)C1. The molecule has 3 aliphatic rings. The second kappa shape index (κ2) is 6.97. The minimum atomic E-state index is -2.45. The standard InChI is InChI=1S/C21H25BF2N2O/c22-18-15-25(10-6-17-14-21(17,23)24)11-7-19(18)26-12-8-20(27,9-13-26)16-4-2-1-3-5-16/h1-5,7,11,17,27H,6,8-10,12-15H2. The van der Waals surface area contributed by atoms with Crippen LogP contribution < -0.4 is 0 Å². The second-order valence-corrected chi connectivity index (χ2v) is 8.03. The van der Waals surface area contributed by atoms with Crippen LogP contribution in [0.2, 0.25) is 0 Å². The predicted octanol–water partition coefficient (Wildman–Crippen LogP) is 3.22. The summed E-state index contributed by atoms with van der Waals surface area (Å²) in [6, 6.07) is 9.82. The van der Waals surface area contributed by atoms with Gasteiger partial charge in [0.1, 0.15) is 7.85 Å². The molecule has 142 valence electrons. The Labute approximate surface area is 160 Å². The molecule has 2 fully saturated rings. The van der Waals surface area contributed by atoms with Crippen LogP contribution in [-0.2, 0) is 5.60 Å². The molecule has 1 aromatic rings. The molecule has 3 nitrogen and oxygen atoms in total. The van der Waals surface area contributed by atoms with Gasteiger partial charge in [0.25, 0.3) is 5.92 Å². The van der Waals surface area contributed by atoms with Crippen molar-refractivity contribution in [2.75, 3.05) is 26.2 Å². The summed E-state index contributed by atoms with van der Waals surface area (Å²) in [5, 5.41) is 11.0. The maximum Gasteiger partial charge on any atom is 0.251 e. The second-order valence-electron chi connectivity index (χ2n) is 8.03. The molecule has 1 saturated carbocycles. The van der Waals surface area contributed by atoms with E-state index < -0.39 is 17.4 Å². The molecule has 2 aliphatic heterocycles. The maximum absolute atomic E-state index is 13.0. The summed E-state index contributed by atoms with van der Waals surface area (Å²) in [5.41, 5.74) is 1.95. The van der Waals surface area contributed by atoms with Gasteiger partial charge in [-0.05, 0) is 30.9 Å².